The summed E-state index contributed by atoms with van der Waals surface area (Å²) in [5.41, 5.74) is 7.64. The van der Waals surface area contributed by atoms with Gasteiger partial charge in [-0.3, -0.25) is 15.2 Å². The number of rotatable bonds is 3. The normalized spacial score (nSPS) is 10.3. The lowest BCUT2D eigenvalue weighted by molar-refractivity contribution is -0.384. The summed E-state index contributed by atoms with van der Waals surface area (Å²) in [6.07, 6.45) is 0. The van der Waals surface area contributed by atoms with Crippen molar-refractivity contribution in [1.82, 2.24) is 10.2 Å². The molecule has 6 heteroatoms. The topological polar surface area (TPSA) is 97.8 Å². The summed E-state index contributed by atoms with van der Waals surface area (Å²) in [7, 11) is 0. The van der Waals surface area contributed by atoms with Gasteiger partial charge in [0.1, 0.15) is 0 Å². The summed E-state index contributed by atoms with van der Waals surface area (Å²) in [5, 5.41) is 17.4. The van der Waals surface area contributed by atoms with Gasteiger partial charge in [0.05, 0.1) is 10.6 Å². The van der Waals surface area contributed by atoms with E-state index in [1.165, 1.54) is 12.1 Å². The molecule has 0 bridgehead atoms. The molecule has 3 N–H and O–H groups in total. The molecular formula is C10H10N4O2. The van der Waals surface area contributed by atoms with Gasteiger partial charge >= 0.3 is 0 Å². The number of aromatic amines is 1. The Morgan fingerprint density at radius 1 is 1.44 bits per heavy atom. The number of nitrogens with zero attached hydrogens (tertiary/aromatic N) is 2. The molecule has 6 nitrogen and oxygen atoms in total. The van der Waals surface area contributed by atoms with E-state index >= 15 is 0 Å². The quantitative estimate of drug-likeness (QED) is 0.601. The van der Waals surface area contributed by atoms with Crippen LogP contribution in [0.15, 0.2) is 30.3 Å². The van der Waals surface area contributed by atoms with Gasteiger partial charge in [0.25, 0.3) is 5.69 Å². The smallest absolute Gasteiger partial charge is 0.270 e. The molecule has 1 aromatic carbocycles. The number of nitrogens with two attached hydrogens (primary N) is 1. The maximum Gasteiger partial charge on any atom is 0.270 e. The predicted molar refractivity (Wildman–Crippen MR) is 58.6 cm³/mol. The molecule has 2 aromatic rings. The van der Waals surface area contributed by atoms with Gasteiger partial charge in [-0.1, -0.05) is 12.1 Å². The number of H-pyrrole nitrogens is 1. The Kier molecular flexibility index (Phi) is 2.65. The number of benzene rings is 1. The van der Waals surface area contributed by atoms with Crippen molar-refractivity contribution in [1.29, 1.82) is 0 Å². The van der Waals surface area contributed by atoms with Crippen molar-refractivity contribution >= 4 is 5.69 Å². The largest absolute Gasteiger partial charge is 0.325 e. The van der Waals surface area contributed by atoms with Crippen LogP contribution in [0.5, 0.6) is 0 Å². The molecule has 0 aliphatic carbocycles. The van der Waals surface area contributed by atoms with Crippen LogP contribution < -0.4 is 5.73 Å². The first-order valence-electron chi connectivity index (χ1n) is 4.70. The zero-order chi connectivity index (χ0) is 11.5. The fourth-order valence-corrected chi connectivity index (χ4v) is 1.39. The Labute approximate surface area is 91.2 Å². The van der Waals surface area contributed by atoms with Gasteiger partial charge in [0, 0.05) is 29.9 Å². The van der Waals surface area contributed by atoms with Gasteiger partial charge in [0.15, 0.2) is 0 Å². The number of nitrogens with one attached hydrogen (secondary N) is 1. The fraction of sp³-hybridized carbons (Fsp3) is 0.100. The number of aromatic nitrogens is 2. The highest BCUT2D eigenvalue weighted by atomic mass is 16.6. The van der Waals surface area contributed by atoms with E-state index < -0.39 is 4.92 Å². The van der Waals surface area contributed by atoms with Crippen LogP contribution in [-0.4, -0.2) is 15.1 Å². The van der Waals surface area contributed by atoms with Gasteiger partial charge in [-0.15, -0.1) is 0 Å². The standard InChI is InChI=1S/C10H10N4O2/c11-6-8-5-10(13-12-8)7-2-1-3-9(4-7)14(15)16/h1-5H,6,11H2,(H,12,13). The highest BCUT2D eigenvalue weighted by molar-refractivity contribution is 5.62. The molecule has 0 unspecified atom stereocenters. The average molecular weight is 218 g/mol. The molecule has 0 saturated heterocycles. The van der Waals surface area contributed by atoms with Gasteiger partial charge in [-0.2, -0.15) is 5.10 Å². The second-order valence-corrected chi connectivity index (χ2v) is 3.29. The lowest BCUT2D eigenvalue weighted by Gasteiger charge is -1.95. The van der Waals surface area contributed by atoms with Crippen LogP contribution in [0.2, 0.25) is 0 Å². The molecule has 0 aliphatic rings. The maximum atomic E-state index is 10.6. The lowest BCUT2D eigenvalue weighted by Crippen LogP contribution is -1.95. The van der Waals surface area contributed by atoms with Crippen LogP contribution in [0.1, 0.15) is 5.69 Å². The van der Waals surface area contributed by atoms with Gasteiger partial charge in [-0.05, 0) is 6.07 Å². The van der Waals surface area contributed by atoms with E-state index in [-0.39, 0.29) is 5.69 Å². The first kappa shape index (κ1) is 10.3. The molecular weight excluding hydrogens is 208 g/mol. The van der Waals surface area contributed by atoms with Crippen molar-refractivity contribution in [2.24, 2.45) is 5.73 Å². The number of nitro groups is 1. The Hall–Kier alpha value is -2.21. The van der Waals surface area contributed by atoms with Crippen molar-refractivity contribution in [3.8, 4) is 11.3 Å². The number of hydrogen-bond acceptors (Lipinski definition) is 4. The molecule has 0 atom stereocenters. The molecule has 16 heavy (non-hydrogen) atoms. The third-order valence-corrected chi connectivity index (χ3v) is 2.20. The molecule has 0 aliphatic heterocycles. The average Bonchev–Trinajstić information content (AvgIpc) is 2.77. The molecule has 0 saturated carbocycles. The summed E-state index contributed by atoms with van der Waals surface area (Å²) >= 11 is 0. The van der Waals surface area contributed by atoms with E-state index in [9.17, 15) is 10.1 Å². The minimum atomic E-state index is -0.431. The van der Waals surface area contributed by atoms with Crippen molar-refractivity contribution in [3.63, 3.8) is 0 Å². The number of non-ortho nitro benzene ring substituents is 1. The first-order chi connectivity index (χ1) is 7.70. The van der Waals surface area contributed by atoms with Crippen LogP contribution in [0.25, 0.3) is 11.3 Å². The summed E-state index contributed by atoms with van der Waals surface area (Å²) in [6, 6.07) is 8.10. The van der Waals surface area contributed by atoms with Crippen LogP contribution in [0, 0.1) is 10.1 Å². The van der Waals surface area contributed by atoms with E-state index in [4.69, 9.17) is 5.73 Å². The number of nitro benzene ring substituents is 1. The molecule has 0 spiro atoms. The summed E-state index contributed by atoms with van der Waals surface area (Å²) in [6.45, 7) is 0.363. The minimum Gasteiger partial charge on any atom is -0.325 e. The van der Waals surface area contributed by atoms with E-state index in [1.54, 1.807) is 18.2 Å². The molecule has 0 amide bonds. The SMILES string of the molecule is NCc1cc(-c2cccc([N+](=O)[O-])c2)n[nH]1. The minimum absolute atomic E-state index is 0.0507. The molecule has 2 rings (SSSR count). The van der Waals surface area contributed by atoms with Crippen LogP contribution in [-0.2, 0) is 6.54 Å². The highest BCUT2D eigenvalue weighted by Crippen LogP contribution is 2.22. The van der Waals surface area contributed by atoms with Crippen LogP contribution >= 0.6 is 0 Å². The molecule has 1 heterocycles. The maximum absolute atomic E-state index is 10.6. The molecule has 1 aromatic heterocycles. The van der Waals surface area contributed by atoms with Crippen molar-refractivity contribution in [3.05, 3.63) is 46.1 Å². The molecule has 82 valence electrons. The third kappa shape index (κ3) is 1.91. The Morgan fingerprint density at radius 3 is 2.88 bits per heavy atom. The Balaban J connectivity index is 2.40. The van der Waals surface area contributed by atoms with Crippen LogP contribution in [0.3, 0.4) is 0 Å². The Morgan fingerprint density at radius 2 is 2.25 bits per heavy atom. The zero-order valence-electron chi connectivity index (χ0n) is 8.38. The third-order valence-electron chi connectivity index (χ3n) is 2.20. The van der Waals surface area contributed by atoms with E-state index in [2.05, 4.69) is 10.2 Å². The van der Waals surface area contributed by atoms with Gasteiger partial charge < -0.3 is 5.73 Å². The molecule has 0 fully saturated rings. The van der Waals surface area contributed by atoms with Crippen molar-refractivity contribution in [2.75, 3.05) is 0 Å². The van der Waals surface area contributed by atoms with Crippen molar-refractivity contribution in [2.45, 2.75) is 6.54 Å². The zero-order valence-corrected chi connectivity index (χ0v) is 8.38. The Bertz CT molecular complexity index is 521. The first-order valence-corrected chi connectivity index (χ1v) is 4.70. The van der Waals surface area contributed by atoms with E-state index in [0.717, 1.165) is 5.69 Å². The lowest BCUT2D eigenvalue weighted by atomic mass is 10.1. The monoisotopic (exact) mass is 218 g/mol. The summed E-state index contributed by atoms with van der Waals surface area (Å²) in [5.74, 6) is 0. The number of hydrogen-bond donors (Lipinski definition) is 2. The van der Waals surface area contributed by atoms with Crippen LogP contribution in [0.4, 0.5) is 5.69 Å². The molecule has 0 radical (unpaired) electrons. The summed E-state index contributed by atoms with van der Waals surface area (Å²) in [4.78, 5) is 10.2. The van der Waals surface area contributed by atoms with Gasteiger partial charge in [0.2, 0.25) is 0 Å². The fourth-order valence-electron chi connectivity index (χ4n) is 1.39. The summed E-state index contributed by atoms with van der Waals surface area (Å²) < 4.78 is 0. The second kappa shape index (κ2) is 4.11. The second-order valence-electron chi connectivity index (χ2n) is 3.29. The highest BCUT2D eigenvalue weighted by Gasteiger charge is 2.09. The van der Waals surface area contributed by atoms with Crippen molar-refractivity contribution < 1.29 is 4.92 Å². The van der Waals surface area contributed by atoms with E-state index in [0.29, 0.717) is 17.8 Å². The van der Waals surface area contributed by atoms with E-state index in [1.807, 2.05) is 0 Å². The predicted octanol–water partition coefficient (Wildman–Crippen LogP) is 1.44. The van der Waals surface area contributed by atoms with Gasteiger partial charge in [-0.25, -0.2) is 0 Å².